The van der Waals surface area contributed by atoms with Crippen LogP contribution in [0.4, 0.5) is 18.9 Å². The van der Waals surface area contributed by atoms with Crippen molar-refractivity contribution >= 4 is 17.5 Å². The van der Waals surface area contributed by atoms with Gasteiger partial charge in [-0.2, -0.15) is 13.2 Å². The molecule has 0 saturated carbocycles. The second kappa shape index (κ2) is 9.60. The average Bonchev–Trinajstić information content (AvgIpc) is 2.70. The molecule has 0 fully saturated rings. The van der Waals surface area contributed by atoms with E-state index in [4.69, 9.17) is 0 Å². The fourth-order valence-electron chi connectivity index (χ4n) is 2.96. The molecule has 30 heavy (non-hydrogen) atoms. The molecule has 1 N–H and O–H groups in total. The topological polar surface area (TPSA) is 71.4 Å². The Hall–Kier alpha value is -3.10. The summed E-state index contributed by atoms with van der Waals surface area (Å²) in [5.41, 5.74) is -1.35. The Morgan fingerprint density at radius 1 is 1.03 bits per heavy atom. The predicted octanol–water partition coefficient (Wildman–Crippen LogP) is 3.92. The molecule has 1 aromatic carbocycles. The van der Waals surface area contributed by atoms with Crippen LogP contribution in [-0.4, -0.2) is 34.4 Å². The van der Waals surface area contributed by atoms with Crippen LogP contribution in [0.3, 0.4) is 0 Å². The molecule has 1 heterocycles. The smallest absolute Gasteiger partial charge is 0.339 e. The number of amides is 2. The number of nitrogens with zero attached hydrogens (tertiary/aromatic N) is 2. The van der Waals surface area contributed by atoms with Crippen LogP contribution in [0.25, 0.3) is 0 Å². The molecule has 0 spiro atoms. The minimum atomic E-state index is -4.51. The van der Waals surface area contributed by atoms with E-state index in [0.717, 1.165) is 37.1 Å². The largest absolute Gasteiger partial charge is 0.416 e. The maximum Gasteiger partial charge on any atom is 0.416 e. The van der Waals surface area contributed by atoms with E-state index in [0.29, 0.717) is 13.1 Å². The Morgan fingerprint density at radius 3 is 2.10 bits per heavy atom. The number of rotatable bonds is 7. The third-order valence-electron chi connectivity index (χ3n) is 4.43. The van der Waals surface area contributed by atoms with Gasteiger partial charge in [0.25, 0.3) is 17.4 Å². The monoisotopic (exact) mass is 423 g/mol. The third kappa shape index (κ3) is 5.49. The zero-order valence-corrected chi connectivity index (χ0v) is 17.0. The van der Waals surface area contributed by atoms with Crippen LogP contribution in [0.2, 0.25) is 0 Å². The highest BCUT2D eigenvalue weighted by Crippen LogP contribution is 2.29. The standard InChI is InChI=1S/C21H24F3N3O3/c1-4-10-27(11-5-2)19(29)15-12-17(20(30)26(3)13-15)25-18(28)14-6-8-16(9-7-14)21(22,23)24/h6-9,12-13H,4-5,10-11H2,1-3H3,(H,25,28). The maximum absolute atomic E-state index is 12.8. The molecule has 2 aromatic rings. The molecule has 0 atom stereocenters. The number of benzene rings is 1. The van der Waals surface area contributed by atoms with Gasteiger partial charge in [0, 0.05) is 31.9 Å². The summed E-state index contributed by atoms with van der Waals surface area (Å²) in [5.74, 6) is -1.01. The van der Waals surface area contributed by atoms with Gasteiger partial charge in [-0.15, -0.1) is 0 Å². The van der Waals surface area contributed by atoms with Gasteiger partial charge < -0.3 is 14.8 Å². The van der Waals surface area contributed by atoms with Crippen molar-refractivity contribution in [2.75, 3.05) is 18.4 Å². The SMILES string of the molecule is CCCN(CCC)C(=O)c1cc(NC(=O)c2ccc(C(F)(F)F)cc2)c(=O)n(C)c1. The van der Waals surface area contributed by atoms with E-state index in [-0.39, 0.29) is 22.7 Å². The summed E-state index contributed by atoms with van der Waals surface area (Å²) in [4.78, 5) is 39.3. The quantitative estimate of drug-likeness (QED) is 0.734. The summed E-state index contributed by atoms with van der Waals surface area (Å²) in [5, 5.41) is 2.40. The van der Waals surface area contributed by atoms with Gasteiger partial charge in [-0.05, 0) is 43.2 Å². The Balaban J connectivity index is 2.30. The van der Waals surface area contributed by atoms with Gasteiger partial charge in [-0.3, -0.25) is 14.4 Å². The molecule has 0 saturated heterocycles. The van der Waals surface area contributed by atoms with Gasteiger partial charge in [0.05, 0.1) is 11.1 Å². The summed E-state index contributed by atoms with van der Waals surface area (Å²) < 4.78 is 39.2. The molecule has 6 nitrogen and oxygen atoms in total. The number of nitrogens with one attached hydrogen (secondary N) is 1. The number of carbonyl (C=O) groups is 2. The average molecular weight is 423 g/mol. The molecule has 0 aliphatic heterocycles. The second-order valence-corrected chi connectivity index (χ2v) is 6.88. The molecule has 0 aliphatic rings. The zero-order chi connectivity index (χ0) is 22.5. The molecule has 2 rings (SSSR count). The number of anilines is 1. The highest BCUT2D eigenvalue weighted by Gasteiger charge is 2.30. The molecule has 2 amide bonds. The van der Waals surface area contributed by atoms with Crippen molar-refractivity contribution in [3.05, 3.63) is 63.6 Å². The fourth-order valence-corrected chi connectivity index (χ4v) is 2.96. The van der Waals surface area contributed by atoms with Gasteiger partial charge in [-0.25, -0.2) is 0 Å². The molecule has 1 aromatic heterocycles. The summed E-state index contributed by atoms with van der Waals surface area (Å²) in [6, 6.07) is 4.94. The highest BCUT2D eigenvalue weighted by molar-refractivity contribution is 6.05. The molecular formula is C21H24F3N3O3. The number of aromatic nitrogens is 1. The van der Waals surface area contributed by atoms with Crippen molar-refractivity contribution < 1.29 is 22.8 Å². The van der Waals surface area contributed by atoms with Crippen LogP contribution < -0.4 is 10.9 Å². The molecule has 0 bridgehead atoms. The summed E-state index contributed by atoms with van der Waals surface area (Å²) in [6.45, 7) is 5.02. The Labute approximate surface area is 172 Å². The van der Waals surface area contributed by atoms with E-state index in [1.807, 2.05) is 13.8 Å². The van der Waals surface area contributed by atoms with Gasteiger partial charge in [0.15, 0.2) is 0 Å². The second-order valence-electron chi connectivity index (χ2n) is 6.88. The minimum absolute atomic E-state index is 0.0413. The lowest BCUT2D eigenvalue weighted by atomic mass is 10.1. The molecular weight excluding hydrogens is 399 g/mol. The number of hydrogen-bond donors (Lipinski definition) is 1. The molecule has 9 heteroatoms. The summed E-state index contributed by atoms with van der Waals surface area (Å²) >= 11 is 0. The van der Waals surface area contributed by atoms with Crippen LogP contribution in [-0.2, 0) is 13.2 Å². The van der Waals surface area contributed by atoms with E-state index < -0.39 is 23.2 Å². The minimum Gasteiger partial charge on any atom is -0.339 e. The number of alkyl halides is 3. The first kappa shape index (κ1) is 23.2. The first-order chi connectivity index (χ1) is 14.1. The number of halogens is 3. The summed E-state index contributed by atoms with van der Waals surface area (Å²) in [7, 11) is 1.46. The summed E-state index contributed by atoms with van der Waals surface area (Å²) in [6.07, 6.45) is -1.57. The van der Waals surface area contributed by atoms with Gasteiger partial charge >= 0.3 is 6.18 Å². The van der Waals surface area contributed by atoms with Crippen molar-refractivity contribution in [2.45, 2.75) is 32.9 Å². The van der Waals surface area contributed by atoms with Crippen molar-refractivity contribution in [1.29, 1.82) is 0 Å². The Kier molecular flexibility index (Phi) is 7.42. The number of hydrogen-bond acceptors (Lipinski definition) is 3. The van der Waals surface area contributed by atoms with E-state index in [9.17, 15) is 27.6 Å². The number of carbonyl (C=O) groups excluding carboxylic acids is 2. The highest BCUT2D eigenvalue weighted by atomic mass is 19.4. The van der Waals surface area contributed by atoms with Crippen molar-refractivity contribution in [3.8, 4) is 0 Å². The first-order valence-electron chi connectivity index (χ1n) is 9.57. The molecule has 0 aliphatic carbocycles. The van der Waals surface area contributed by atoms with Gasteiger partial charge in [-0.1, -0.05) is 13.8 Å². The molecule has 162 valence electrons. The van der Waals surface area contributed by atoms with E-state index >= 15 is 0 Å². The van der Waals surface area contributed by atoms with E-state index in [1.165, 1.54) is 23.9 Å². The zero-order valence-electron chi connectivity index (χ0n) is 17.0. The Bertz CT molecular complexity index is 960. The van der Waals surface area contributed by atoms with Gasteiger partial charge in [0.2, 0.25) is 0 Å². The van der Waals surface area contributed by atoms with E-state index in [1.54, 1.807) is 4.90 Å². The lowest BCUT2D eigenvalue weighted by Gasteiger charge is -2.22. The van der Waals surface area contributed by atoms with Crippen LogP contribution in [0.15, 0.2) is 41.3 Å². The van der Waals surface area contributed by atoms with Crippen LogP contribution in [0, 0.1) is 0 Å². The number of pyridine rings is 1. The van der Waals surface area contributed by atoms with Crippen LogP contribution >= 0.6 is 0 Å². The van der Waals surface area contributed by atoms with Crippen LogP contribution in [0.5, 0.6) is 0 Å². The van der Waals surface area contributed by atoms with Crippen molar-refractivity contribution in [2.24, 2.45) is 7.05 Å². The van der Waals surface area contributed by atoms with Gasteiger partial charge in [0.1, 0.15) is 5.69 Å². The number of aryl methyl sites for hydroxylation is 1. The van der Waals surface area contributed by atoms with Crippen molar-refractivity contribution in [1.82, 2.24) is 9.47 Å². The predicted molar refractivity (Wildman–Crippen MR) is 108 cm³/mol. The lowest BCUT2D eigenvalue weighted by molar-refractivity contribution is -0.137. The molecule has 0 unspecified atom stereocenters. The third-order valence-corrected chi connectivity index (χ3v) is 4.43. The van der Waals surface area contributed by atoms with Crippen molar-refractivity contribution in [3.63, 3.8) is 0 Å². The molecule has 0 radical (unpaired) electrons. The fraction of sp³-hybridized carbons (Fsp3) is 0.381. The Morgan fingerprint density at radius 2 is 1.60 bits per heavy atom. The normalized spacial score (nSPS) is 11.3. The lowest BCUT2D eigenvalue weighted by Crippen LogP contribution is -2.34. The first-order valence-corrected chi connectivity index (χ1v) is 9.57. The van der Waals surface area contributed by atoms with E-state index in [2.05, 4.69) is 5.32 Å². The maximum atomic E-state index is 12.8. The van der Waals surface area contributed by atoms with Crippen LogP contribution in [0.1, 0.15) is 53.0 Å².